The van der Waals surface area contributed by atoms with Gasteiger partial charge in [0.05, 0.1) is 6.54 Å². The van der Waals surface area contributed by atoms with E-state index in [2.05, 4.69) is 44.9 Å². The minimum Gasteiger partial charge on any atom is -0.372 e. The molecule has 0 saturated carbocycles. The van der Waals surface area contributed by atoms with Crippen molar-refractivity contribution in [1.29, 1.82) is 0 Å². The molecule has 1 aliphatic heterocycles. The molecule has 1 N–H and O–H groups in total. The molecular weight excluding hydrogens is 244 g/mol. The van der Waals surface area contributed by atoms with Crippen LogP contribution in [0, 0.1) is 34.6 Å². The molecule has 0 spiro atoms. The molecule has 0 aliphatic carbocycles. The van der Waals surface area contributed by atoms with Gasteiger partial charge in [-0.15, -0.1) is 12.4 Å². The number of rotatable bonds is 2. The Kier molecular flexibility index (Phi) is 4.80. The summed E-state index contributed by atoms with van der Waals surface area (Å²) in [5.41, 5.74) is 8.62. The van der Waals surface area contributed by atoms with Crippen LogP contribution in [-0.4, -0.2) is 18.9 Å². The summed E-state index contributed by atoms with van der Waals surface area (Å²) in [6, 6.07) is 0. The molecule has 0 amide bonds. The second-order valence-corrected chi connectivity index (χ2v) is 5.04. The fraction of sp³-hybridized carbons (Fsp3) is 0.533. The van der Waals surface area contributed by atoms with Gasteiger partial charge in [0.15, 0.2) is 0 Å². The van der Waals surface area contributed by atoms with Crippen LogP contribution < -0.4 is 5.32 Å². The average molecular weight is 267 g/mol. The predicted molar refractivity (Wildman–Crippen MR) is 81.4 cm³/mol. The van der Waals surface area contributed by atoms with Crippen molar-refractivity contribution < 1.29 is 0 Å². The summed E-state index contributed by atoms with van der Waals surface area (Å²) in [4.78, 5) is 4.50. The van der Waals surface area contributed by atoms with E-state index in [0.717, 1.165) is 25.3 Å². The van der Waals surface area contributed by atoms with Gasteiger partial charge in [0.25, 0.3) is 0 Å². The van der Waals surface area contributed by atoms with E-state index in [0.29, 0.717) is 0 Å². The molecular formula is C15H23ClN2. The summed E-state index contributed by atoms with van der Waals surface area (Å²) in [5, 5.41) is 3.36. The van der Waals surface area contributed by atoms with Crippen molar-refractivity contribution >= 4 is 18.2 Å². The highest BCUT2D eigenvalue weighted by Crippen LogP contribution is 2.26. The molecule has 18 heavy (non-hydrogen) atoms. The van der Waals surface area contributed by atoms with Gasteiger partial charge in [-0.2, -0.15) is 0 Å². The summed E-state index contributed by atoms with van der Waals surface area (Å²) >= 11 is 0. The molecule has 0 atom stereocenters. The predicted octanol–water partition coefficient (Wildman–Crippen LogP) is 3.19. The van der Waals surface area contributed by atoms with Gasteiger partial charge in [0.1, 0.15) is 5.84 Å². The van der Waals surface area contributed by atoms with Crippen LogP contribution >= 0.6 is 12.4 Å². The van der Waals surface area contributed by atoms with Gasteiger partial charge in [-0.05, 0) is 68.0 Å². The highest BCUT2D eigenvalue weighted by molar-refractivity contribution is 5.86. The van der Waals surface area contributed by atoms with E-state index in [1.807, 2.05) is 0 Å². The second kappa shape index (κ2) is 5.75. The molecule has 0 aromatic heterocycles. The Labute approximate surface area is 116 Å². The first-order valence-electron chi connectivity index (χ1n) is 6.35. The maximum absolute atomic E-state index is 4.50. The first-order chi connectivity index (χ1) is 8.02. The van der Waals surface area contributed by atoms with Crippen LogP contribution in [0.25, 0.3) is 0 Å². The Morgan fingerprint density at radius 3 is 1.83 bits per heavy atom. The zero-order chi connectivity index (χ0) is 12.6. The molecule has 1 heterocycles. The van der Waals surface area contributed by atoms with Gasteiger partial charge in [0.2, 0.25) is 0 Å². The third kappa shape index (κ3) is 2.54. The molecule has 0 saturated heterocycles. The average Bonchev–Trinajstić information content (AvgIpc) is 2.82. The van der Waals surface area contributed by atoms with Gasteiger partial charge in [-0.3, -0.25) is 4.99 Å². The SMILES string of the molecule is Cc1c(C)c(C)c(CC2=NCCN2)c(C)c1C.Cl. The van der Waals surface area contributed by atoms with E-state index >= 15 is 0 Å². The Balaban J connectivity index is 0.00000162. The van der Waals surface area contributed by atoms with Gasteiger partial charge in [-0.1, -0.05) is 0 Å². The van der Waals surface area contributed by atoms with Crippen molar-refractivity contribution in [2.45, 2.75) is 41.0 Å². The summed E-state index contributed by atoms with van der Waals surface area (Å²) in [6.45, 7) is 13.1. The Morgan fingerprint density at radius 2 is 1.39 bits per heavy atom. The minimum absolute atomic E-state index is 0. The molecule has 0 radical (unpaired) electrons. The molecule has 100 valence electrons. The van der Waals surface area contributed by atoms with Crippen molar-refractivity contribution in [2.24, 2.45) is 4.99 Å². The fourth-order valence-electron chi connectivity index (χ4n) is 2.58. The maximum atomic E-state index is 4.50. The second-order valence-electron chi connectivity index (χ2n) is 5.04. The van der Waals surface area contributed by atoms with Crippen molar-refractivity contribution in [3.05, 3.63) is 33.4 Å². The molecule has 2 rings (SSSR count). The monoisotopic (exact) mass is 266 g/mol. The quantitative estimate of drug-likeness (QED) is 0.874. The lowest BCUT2D eigenvalue weighted by Gasteiger charge is -2.18. The molecule has 1 aromatic rings. The van der Waals surface area contributed by atoms with Crippen molar-refractivity contribution in [3.63, 3.8) is 0 Å². The van der Waals surface area contributed by atoms with Gasteiger partial charge in [0, 0.05) is 13.0 Å². The molecule has 0 fully saturated rings. The van der Waals surface area contributed by atoms with Crippen LogP contribution in [0.5, 0.6) is 0 Å². The Morgan fingerprint density at radius 1 is 0.889 bits per heavy atom. The molecule has 3 heteroatoms. The summed E-state index contributed by atoms with van der Waals surface area (Å²) < 4.78 is 0. The highest BCUT2D eigenvalue weighted by Gasteiger charge is 2.15. The Hall–Kier alpha value is -1.02. The number of nitrogens with one attached hydrogen (secondary N) is 1. The smallest absolute Gasteiger partial charge is 0.101 e. The van der Waals surface area contributed by atoms with Crippen LogP contribution in [0.1, 0.15) is 33.4 Å². The van der Waals surface area contributed by atoms with Crippen LogP contribution in [0.4, 0.5) is 0 Å². The zero-order valence-corrected chi connectivity index (χ0v) is 12.8. The van der Waals surface area contributed by atoms with E-state index in [9.17, 15) is 0 Å². The van der Waals surface area contributed by atoms with E-state index in [4.69, 9.17) is 0 Å². The molecule has 0 bridgehead atoms. The normalized spacial score (nSPS) is 13.9. The third-order valence-electron chi connectivity index (χ3n) is 4.24. The zero-order valence-electron chi connectivity index (χ0n) is 12.0. The number of benzene rings is 1. The molecule has 0 unspecified atom stereocenters. The van der Waals surface area contributed by atoms with Crippen molar-refractivity contribution in [1.82, 2.24) is 5.32 Å². The van der Waals surface area contributed by atoms with Crippen LogP contribution in [-0.2, 0) is 6.42 Å². The van der Waals surface area contributed by atoms with Crippen LogP contribution in [0.3, 0.4) is 0 Å². The number of amidine groups is 1. The minimum atomic E-state index is 0. The maximum Gasteiger partial charge on any atom is 0.101 e. The summed E-state index contributed by atoms with van der Waals surface area (Å²) in [7, 11) is 0. The lowest BCUT2D eigenvalue weighted by molar-refractivity contribution is 0.951. The van der Waals surface area contributed by atoms with Crippen LogP contribution in [0.15, 0.2) is 4.99 Å². The van der Waals surface area contributed by atoms with E-state index in [1.54, 1.807) is 0 Å². The first-order valence-corrected chi connectivity index (χ1v) is 6.35. The number of hydrogen-bond acceptors (Lipinski definition) is 2. The number of nitrogens with zero attached hydrogens (tertiary/aromatic N) is 1. The van der Waals surface area contributed by atoms with Crippen LogP contribution in [0.2, 0.25) is 0 Å². The van der Waals surface area contributed by atoms with Crippen molar-refractivity contribution in [3.8, 4) is 0 Å². The van der Waals surface area contributed by atoms with Gasteiger partial charge < -0.3 is 5.32 Å². The number of hydrogen-bond donors (Lipinski definition) is 1. The third-order valence-corrected chi connectivity index (χ3v) is 4.24. The Bertz CT molecular complexity index is 461. The topological polar surface area (TPSA) is 24.4 Å². The fourth-order valence-corrected chi connectivity index (χ4v) is 2.58. The van der Waals surface area contributed by atoms with E-state index in [1.165, 1.54) is 33.4 Å². The van der Waals surface area contributed by atoms with Gasteiger partial charge in [-0.25, -0.2) is 0 Å². The first kappa shape index (κ1) is 15.0. The van der Waals surface area contributed by atoms with Gasteiger partial charge >= 0.3 is 0 Å². The lowest BCUT2D eigenvalue weighted by Crippen LogP contribution is -2.22. The van der Waals surface area contributed by atoms with Crippen molar-refractivity contribution in [2.75, 3.05) is 13.1 Å². The highest BCUT2D eigenvalue weighted by atomic mass is 35.5. The standard InChI is InChI=1S/C15H22N2.ClH/c1-9-10(2)12(4)14(13(5)11(9)3)8-15-16-6-7-17-15;/h6-8H2,1-5H3,(H,16,17);1H. The summed E-state index contributed by atoms with van der Waals surface area (Å²) in [5.74, 6) is 1.15. The molecule has 1 aliphatic rings. The van der Waals surface area contributed by atoms with E-state index in [-0.39, 0.29) is 12.4 Å². The number of halogens is 1. The van der Waals surface area contributed by atoms with E-state index < -0.39 is 0 Å². The molecule has 1 aromatic carbocycles. The number of aliphatic imine (C=N–C) groups is 1. The summed E-state index contributed by atoms with van der Waals surface area (Å²) in [6.07, 6.45) is 0.958. The molecule has 2 nitrogen and oxygen atoms in total. The lowest BCUT2D eigenvalue weighted by atomic mass is 9.88. The largest absolute Gasteiger partial charge is 0.372 e.